The number of hydrogen-bond donors (Lipinski definition) is 0. The van der Waals surface area contributed by atoms with Crippen molar-refractivity contribution < 1.29 is 9.53 Å². The quantitative estimate of drug-likeness (QED) is 0.723. The van der Waals surface area contributed by atoms with E-state index >= 15 is 0 Å². The maximum absolute atomic E-state index is 11.9. The first-order chi connectivity index (χ1) is 9.66. The summed E-state index contributed by atoms with van der Waals surface area (Å²) in [5.74, 6) is 1.42. The van der Waals surface area contributed by atoms with E-state index in [1.54, 1.807) is 0 Å². The van der Waals surface area contributed by atoms with Crippen molar-refractivity contribution in [3.05, 3.63) is 65.7 Å². The first kappa shape index (κ1) is 14.3. The molecule has 0 amide bonds. The average Bonchev–Trinajstić information content (AvgIpc) is 2.48. The standard InChI is InChI=1S/C18H20O2/c1-14(2)16-9-6-10-17(13-16)20-12-11-18(19)15-7-4-3-5-8-15/h3-10,13-14H,11-12H2,1-2H3. The summed E-state index contributed by atoms with van der Waals surface area (Å²) in [6.07, 6.45) is 0.399. The summed E-state index contributed by atoms with van der Waals surface area (Å²) in [6, 6.07) is 17.4. The van der Waals surface area contributed by atoms with Gasteiger partial charge in [0.15, 0.2) is 5.78 Å². The van der Waals surface area contributed by atoms with Crippen LogP contribution in [0.1, 0.15) is 42.1 Å². The van der Waals surface area contributed by atoms with E-state index in [0.717, 1.165) is 11.3 Å². The fraction of sp³-hybridized carbons (Fsp3) is 0.278. The van der Waals surface area contributed by atoms with Gasteiger partial charge in [-0.25, -0.2) is 0 Å². The van der Waals surface area contributed by atoms with Crippen molar-refractivity contribution >= 4 is 5.78 Å². The van der Waals surface area contributed by atoms with E-state index in [1.807, 2.05) is 48.5 Å². The number of ether oxygens (including phenoxy) is 1. The zero-order chi connectivity index (χ0) is 14.4. The molecule has 0 spiro atoms. The second-order valence-corrected chi connectivity index (χ2v) is 5.11. The lowest BCUT2D eigenvalue weighted by molar-refractivity contribution is 0.0962. The Bertz CT molecular complexity index is 559. The minimum absolute atomic E-state index is 0.116. The molecule has 0 aliphatic rings. The number of hydrogen-bond acceptors (Lipinski definition) is 2. The lowest BCUT2D eigenvalue weighted by Gasteiger charge is -2.09. The summed E-state index contributed by atoms with van der Waals surface area (Å²) < 4.78 is 5.67. The topological polar surface area (TPSA) is 26.3 Å². The number of Topliss-reactive ketones (excluding diaryl/α,β-unsaturated/α-hetero) is 1. The number of benzene rings is 2. The minimum Gasteiger partial charge on any atom is -0.493 e. The third-order valence-corrected chi connectivity index (χ3v) is 3.22. The Kier molecular flexibility index (Phi) is 4.94. The zero-order valence-electron chi connectivity index (χ0n) is 12.0. The van der Waals surface area contributed by atoms with Crippen molar-refractivity contribution in [2.24, 2.45) is 0 Å². The number of ketones is 1. The van der Waals surface area contributed by atoms with Gasteiger partial charge in [-0.2, -0.15) is 0 Å². The van der Waals surface area contributed by atoms with Gasteiger partial charge >= 0.3 is 0 Å². The fourth-order valence-corrected chi connectivity index (χ4v) is 1.99. The van der Waals surface area contributed by atoms with Crippen molar-refractivity contribution in [1.82, 2.24) is 0 Å². The van der Waals surface area contributed by atoms with Gasteiger partial charge < -0.3 is 4.74 Å². The second-order valence-electron chi connectivity index (χ2n) is 5.11. The largest absolute Gasteiger partial charge is 0.493 e. The maximum atomic E-state index is 11.9. The van der Waals surface area contributed by atoms with Crippen LogP contribution in [0.25, 0.3) is 0 Å². The number of carbonyl (C=O) groups is 1. The summed E-state index contributed by atoms with van der Waals surface area (Å²) >= 11 is 0. The van der Waals surface area contributed by atoms with Crippen LogP contribution in [0.5, 0.6) is 5.75 Å². The van der Waals surface area contributed by atoms with Gasteiger partial charge in [0.1, 0.15) is 5.75 Å². The first-order valence-electron chi connectivity index (χ1n) is 6.98. The Hall–Kier alpha value is -2.09. The molecule has 0 saturated carbocycles. The van der Waals surface area contributed by atoms with Crippen LogP contribution in [0.3, 0.4) is 0 Å². The molecular weight excluding hydrogens is 248 g/mol. The smallest absolute Gasteiger partial charge is 0.166 e. The normalized spacial score (nSPS) is 10.6. The molecule has 0 aliphatic heterocycles. The number of carbonyl (C=O) groups excluding carboxylic acids is 1. The van der Waals surface area contributed by atoms with Crippen LogP contribution in [0.15, 0.2) is 54.6 Å². The third-order valence-electron chi connectivity index (χ3n) is 3.22. The predicted molar refractivity (Wildman–Crippen MR) is 81.4 cm³/mol. The van der Waals surface area contributed by atoms with E-state index in [9.17, 15) is 4.79 Å². The van der Waals surface area contributed by atoms with Gasteiger partial charge in [0.05, 0.1) is 6.61 Å². The summed E-state index contributed by atoms with van der Waals surface area (Å²) in [4.78, 5) is 11.9. The molecule has 0 aromatic heterocycles. The van der Waals surface area contributed by atoms with E-state index in [-0.39, 0.29) is 5.78 Å². The molecule has 0 N–H and O–H groups in total. The first-order valence-corrected chi connectivity index (χ1v) is 6.98. The van der Waals surface area contributed by atoms with Crippen LogP contribution in [0.4, 0.5) is 0 Å². The highest BCUT2D eigenvalue weighted by molar-refractivity contribution is 5.96. The van der Waals surface area contributed by atoms with Crippen molar-refractivity contribution in [2.45, 2.75) is 26.2 Å². The lowest BCUT2D eigenvalue weighted by Crippen LogP contribution is -2.06. The number of rotatable bonds is 6. The molecule has 0 heterocycles. The Morgan fingerprint density at radius 3 is 2.50 bits per heavy atom. The fourth-order valence-electron chi connectivity index (χ4n) is 1.99. The molecule has 2 rings (SSSR count). The molecule has 20 heavy (non-hydrogen) atoms. The Morgan fingerprint density at radius 2 is 1.80 bits per heavy atom. The molecule has 2 heteroatoms. The Labute approximate surface area is 120 Å². The van der Waals surface area contributed by atoms with Gasteiger partial charge in [0, 0.05) is 12.0 Å². The van der Waals surface area contributed by atoms with Crippen molar-refractivity contribution in [3.63, 3.8) is 0 Å². The lowest BCUT2D eigenvalue weighted by atomic mass is 10.0. The van der Waals surface area contributed by atoms with E-state index in [2.05, 4.69) is 19.9 Å². The van der Waals surface area contributed by atoms with Crippen LogP contribution in [-0.4, -0.2) is 12.4 Å². The molecule has 0 unspecified atom stereocenters. The highest BCUT2D eigenvalue weighted by atomic mass is 16.5. The summed E-state index contributed by atoms with van der Waals surface area (Å²) in [5, 5.41) is 0. The molecule has 0 bridgehead atoms. The minimum atomic E-state index is 0.116. The van der Waals surface area contributed by atoms with E-state index in [1.165, 1.54) is 5.56 Å². The van der Waals surface area contributed by atoms with Gasteiger partial charge in [0.2, 0.25) is 0 Å². The monoisotopic (exact) mass is 268 g/mol. The molecule has 0 radical (unpaired) electrons. The molecule has 2 aromatic carbocycles. The Balaban J connectivity index is 1.87. The van der Waals surface area contributed by atoms with Gasteiger partial charge in [-0.05, 0) is 23.6 Å². The molecule has 0 aliphatic carbocycles. The van der Waals surface area contributed by atoms with Crippen molar-refractivity contribution in [1.29, 1.82) is 0 Å². The van der Waals surface area contributed by atoms with Gasteiger partial charge in [0.25, 0.3) is 0 Å². The van der Waals surface area contributed by atoms with Crippen LogP contribution in [-0.2, 0) is 0 Å². The average molecular weight is 268 g/mol. The summed E-state index contributed by atoms with van der Waals surface area (Å²) in [5.41, 5.74) is 1.99. The molecule has 104 valence electrons. The summed E-state index contributed by atoms with van der Waals surface area (Å²) in [6.45, 7) is 4.71. The van der Waals surface area contributed by atoms with Gasteiger partial charge in [-0.15, -0.1) is 0 Å². The van der Waals surface area contributed by atoms with E-state index in [4.69, 9.17) is 4.74 Å². The second kappa shape index (κ2) is 6.90. The van der Waals surface area contributed by atoms with Crippen LogP contribution in [0.2, 0.25) is 0 Å². The van der Waals surface area contributed by atoms with Gasteiger partial charge in [-0.1, -0.05) is 56.3 Å². The highest BCUT2D eigenvalue weighted by Gasteiger charge is 2.06. The SMILES string of the molecule is CC(C)c1cccc(OCCC(=O)c2ccccc2)c1. The molecule has 2 aromatic rings. The molecule has 0 fully saturated rings. The third kappa shape index (κ3) is 3.95. The van der Waals surface area contributed by atoms with Crippen molar-refractivity contribution in [3.8, 4) is 5.75 Å². The summed E-state index contributed by atoms with van der Waals surface area (Å²) in [7, 11) is 0. The van der Waals surface area contributed by atoms with Crippen molar-refractivity contribution in [2.75, 3.05) is 6.61 Å². The molecule has 0 saturated heterocycles. The zero-order valence-corrected chi connectivity index (χ0v) is 12.0. The van der Waals surface area contributed by atoms with Gasteiger partial charge in [-0.3, -0.25) is 4.79 Å². The molecule has 2 nitrogen and oxygen atoms in total. The van der Waals surface area contributed by atoms with Crippen LogP contribution < -0.4 is 4.74 Å². The van der Waals surface area contributed by atoms with E-state index in [0.29, 0.717) is 18.9 Å². The molecule has 0 atom stereocenters. The highest BCUT2D eigenvalue weighted by Crippen LogP contribution is 2.20. The predicted octanol–water partition coefficient (Wildman–Crippen LogP) is 4.46. The van der Waals surface area contributed by atoms with Crippen LogP contribution >= 0.6 is 0 Å². The maximum Gasteiger partial charge on any atom is 0.166 e. The van der Waals surface area contributed by atoms with E-state index < -0.39 is 0 Å². The molecular formula is C18H20O2. The Morgan fingerprint density at radius 1 is 1.05 bits per heavy atom. The van der Waals surface area contributed by atoms with Crippen LogP contribution in [0, 0.1) is 0 Å².